The number of carbonyl (C=O) groups excluding carboxylic acids is 6. The lowest BCUT2D eigenvalue weighted by atomic mass is 9.98. The summed E-state index contributed by atoms with van der Waals surface area (Å²) in [5, 5.41) is 10.6. The zero-order valence-electron chi connectivity index (χ0n) is 32.2. The SMILES string of the molecule is COC(=O)[C@H](NC(=O)[C@@H](CC(C)C)NC(=O)CNC(=O)[C@@H]1[C@@H](C)OC=CN1C(=O)[C@H](NC(=O)OCC1c2ccccc2-c2ccccc21)C(C)C)C(C)C. The average molecular weight is 748 g/mol. The monoisotopic (exact) mass is 747 g/mol. The third-order valence-corrected chi connectivity index (χ3v) is 9.53. The molecular weight excluding hydrogens is 694 g/mol. The van der Waals surface area contributed by atoms with E-state index in [2.05, 4.69) is 21.3 Å². The van der Waals surface area contributed by atoms with Crippen molar-refractivity contribution in [2.24, 2.45) is 17.8 Å². The summed E-state index contributed by atoms with van der Waals surface area (Å²) in [6.07, 6.45) is 1.29. The Morgan fingerprint density at radius 2 is 1.41 bits per heavy atom. The molecule has 14 heteroatoms. The Kier molecular flexibility index (Phi) is 14.2. The molecule has 0 unspecified atom stereocenters. The van der Waals surface area contributed by atoms with Gasteiger partial charge in [-0.3, -0.25) is 24.1 Å². The smallest absolute Gasteiger partial charge is 0.407 e. The Bertz CT molecular complexity index is 1680. The van der Waals surface area contributed by atoms with Gasteiger partial charge in [-0.05, 0) is 53.4 Å². The molecule has 5 atom stereocenters. The van der Waals surface area contributed by atoms with Gasteiger partial charge in [-0.1, -0.05) is 90.1 Å². The summed E-state index contributed by atoms with van der Waals surface area (Å²) >= 11 is 0. The number of ether oxygens (including phenoxy) is 3. The van der Waals surface area contributed by atoms with E-state index in [9.17, 15) is 28.8 Å². The normalized spacial score (nSPS) is 17.8. The van der Waals surface area contributed by atoms with Crippen LogP contribution in [0, 0.1) is 17.8 Å². The Morgan fingerprint density at radius 3 is 1.96 bits per heavy atom. The summed E-state index contributed by atoms with van der Waals surface area (Å²) in [6, 6.07) is 11.8. The highest BCUT2D eigenvalue weighted by atomic mass is 16.5. The summed E-state index contributed by atoms with van der Waals surface area (Å²) in [7, 11) is 1.23. The lowest BCUT2D eigenvalue weighted by molar-refractivity contribution is -0.146. The first kappa shape index (κ1) is 41.4. The average Bonchev–Trinajstić information content (AvgIpc) is 3.46. The molecule has 0 bridgehead atoms. The van der Waals surface area contributed by atoms with Crippen molar-refractivity contribution in [2.45, 2.75) is 91.1 Å². The number of fused-ring (bicyclic) bond motifs is 3. The highest BCUT2D eigenvalue weighted by Crippen LogP contribution is 2.44. The van der Waals surface area contributed by atoms with Crippen LogP contribution >= 0.6 is 0 Å². The fourth-order valence-corrected chi connectivity index (χ4v) is 6.71. The van der Waals surface area contributed by atoms with Gasteiger partial charge < -0.3 is 35.5 Å². The number of nitrogens with zero attached hydrogens (tertiary/aromatic N) is 1. The summed E-state index contributed by atoms with van der Waals surface area (Å²) in [5.41, 5.74) is 4.28. The van der Waals surface area contributed by atoms with E-state index in [0.29, 0.717) is 0 Å². The van der Waals surface area contributed by atoms with Gasteiger partial charge in [0.2, 0.25) is 23.6 Å². The van der Waals surface area contributed by atoms with Crippen molar-refractivity contribution in [3.63, 3.8) is 0 Å². The molecule has 4 N–H and O–H groups in total. The quantitative estimate of drug-likeness (QED) is 0.198. The third kappa shape index (κ3) is 9.97. The van der Waals surface area contributed by atoms with Gasteiger partial charge in [-0.15, -0.1) is 0 Å². The maximum Gasteiger partial charge on any atom is 0.407 e. The van der Waals surface area contributed by atoms with Crippen molar-refractivity contribution in [3.8, 4) is 11.1 Å². The number of carbonyl (C=O) groups is 6. The van der Waals surface area contributed by atoms with Crippen LogP contribution in [0.3, 0.4) is 0 Å². The fraction of sp³-hybridized carbons (Fsp3) is 0.500. The fourth-order valence-electron chi connectivity index (χ4n) is 6.71. The molecule has 2 aliphatic rings. The second-order valence-electron chi connectivity index (χ2n) is 14.7. The van der Waals surface area contributed by atoms with Gasteiger partial charge >= 0.3 is 12.1 Å². The second-order valence-corrected chi connectivity index (χ2v) is 14.7. The predicted octanol–water partition coefficient (Wildman–Crippen LogP) is 3.60. The summed E-state index contributed by atoms with van der Waals surface area (Å²) < 4.78 is 16.1. The molecule has 5 amide bonds. The van der Waals surface area contributed by atoms with Gasteiger partial charge in [-0.2, -0.15) is 0 Å². The molecule has 54 heavy (non-hydrogen) atoms. The molecule has 2 aromatic carbocycles. The van der Waals surface area contributed by atoms with Crippen LogP contribution in [0.1, 0.15) is 71.9 Å². The van der Waals surface area contributed by atoms with Crippen LogP contribution < -0.4 is 21.3 Å². The Morgan fingerprint density at radius 1 is 0.815 bits per heavy atom. The second kappa shape index (κ2) is 18.6. The van der Waals surface area contributed by atoms with Gasteiger partial charge in [0.05, 0.1) is 19.9 Å². The van der Waals surface area contributed by atoms with Gasteiger partial charge in [0, 0.05) is 12.1 Å². The standard InChI is InChI=1S/C40H53N5O9/c1-22(2)19-31(36(47)43-34(24(5)6)39(50)52-8)42-32(46)20-41-37(48)35-25(7)53-18-17-45(35)38(49)33(23(3)4)44-40(51)54-21-30-28-15-11-9-13-26(28)27-14-10-12-16-29(27)30/h9-18,22-25,30-31,33-35H,19-21H2,1-8H3,(H,41,48)(H,42,46)(H,43,47)(H,44,51)/t25-,31-,33-,34-,35+/m1/s1. The molecule has 0 fully saturated rings. The lowest BCUT2D eigenvalue weighted by Crippen LogP contribution is -2.60. The molecule has 0 radical (unpaired) electrons. The number of esters is 1. The number of nitrogens with one attached hydrogen (secondary N) is 4. The van der Waals surface area contributed by atoms with Crippen molar-refractivity contribution >= 4 is 35.7 Å². The first-order valence-corrected chi connectivity index (χ1v) is 18.4. The van der Waals surface area contributed by atoms with E-state index < -0.39 is 78.4 Å². The molecule has 0 spiro atoms. The minimum Gasteiger partial charge on any atom is -0.494 e. The molecular formula is C40H53N5O9. The maximum absolute atomic E-state index is 14.0. The van der Waals surface area contributed by atoms with Gasteiger partial charge in [-0.25, -0.2) is 9.59 Å². The van der Waals surface area contributed by atoms with Crippen LogP contribution in [0.5, 0.6) is 0 Å². The number of hydrogen-bond acceptors (Lipinski definition) is 9. The summed E-state index contributed by atoms with van der Waals surface area (Å²) in [5.74, 6) is -3.90. The van der Waals surface area contributed by atoms with E-state index in [1.54, 1.807) is 34.6 Å². The predicted molar refractivity (Wildman–Crippen MR) is 200 cm³/mol. The molecule has 0 aromatic heterocycles. The van der Waals surface area contributed by atoms with Crippen LogP contribution in [0.4, 0.5) is 4.79 Å². The molecule has 292 valence electrons. The minimum atomic E-state index is -1.19. The number of benzene rings is 2. The van der Waals surface area contributed by atoms with Crippen LogP contribution in [0.2, 0.25) is 0 Å². The van der Waals surface area contributed by atoms with E-state index in [4.69, 9.17) is 14.2 Å². The zero-order chi connectivity index (χ0) is 39.7. The molecule has 14 nitrogen and oxygen atoms in total. The first-order chi connectivity index (χ1) is 25.6. The third-order valence-electron chi connectivity index (χ3n) is 9.53. The highest BCUT2D eigenvalue weighted by molar-refractivity contribution is 5.95. The van der Waals surface area contributed by atoms with E-state index in [-0.39, 0.29) is 30.8 Å². The van der Waals surface area contributed by atoms with Crippen LogP contribution in [-0.4, -0.2) is 91.1 Å². The van der Waals surface area contributed by atoms with Gasteiger partial charge in [0.15, 0.2) is 6.04 Å². The number of hydrogen-bond donors (Lipinski definition) is 4. The van der Waals surface area contributed by atoms with Crippen molar-refractivity contribution in [1.29, 1.82) is 0 Å². The molecule has 1 heterocycles. The summed E-state index contributed by atoms with van der Waals surface area (Å²) in [4.78, 5) is 80.4. The number of rotatable bonds is 15. The van der Waals surface area contributed by atoms with E-state index in [1.807, 2.05) is 62.4 Å². The summed E-state index contributed by atoms with van der Waals surface area (Å²) in [6.45, 7) is 12.0. The van der Waals surface area contributed by atoms with Gasteiger partial charge in [0.1, 0.15) is 30.8 Å². The number of alkyl carbamates (subject to hydrolysis) is 1. The van der Waals surface area contributed by atoms with Crippen molar-refractivity contribution in [2.75, 3.05) is 20.3 Å². The molecule has 0 saturated carbocycles. The highest BCUT2D eigenvalue weighted by Gasteiger charge is 2.41. The zero-order valence-corrected chi connectivity index (χ0v) is 32.2. The number of methoxy groups -OCH3 is 1. The maximum atomic E-state index is 14.0. The van der Waals surface area contributed by atoms with Crippen molar-refractivity contribution < 1.29 is 43.0 Å². The van der Waals surface area contributed by atoms with Crippen molar-refractivity contribution in [1.82, 2.24) is 26.2 Å². The Balaban J connectivity index is 1.39. The van der Waals surface area contributed by atoms with Crippen LogP contribution in [0.25, 0.3) is 11.1 Å². The molecule has 1 aliphatic carbocycles. The Hall–Kier alpha value is -5.40. The van der Waals surface area contributed by atoms with E-state index >= 15 is 0 Å². The minimum absolute atomic E-state index is 0.00815. The molecule has 2 aromatic rings. The van der Waals surface area contributed by atoms with Crippen LogP contribution in [-0.2, 0) is 38.2 Å². The van der Waals surface area contributed by atoms with Gasteiger partial charge in [0.25, 0.3) is 0 Å². The molecule has 0 saturated heterocycles. The number of amides is 5. The van der Waals surface area contributed by atoms with Crippen molar-refractivity contribution in [3.05, 3.63) is 72.1 Å². The van der Waals surface area contributed by atoms with E-state index in [1.165, 1.54) is 24.5 Å². The molecule has 1 aliphatic heterocycles. The lowest BCUT2D eigenvalue weighted by Gasteiger charge is -2.37. The molecule has 4 rings (SSSR count). The first-order valence-electron chi connectivity index (χ1n) is 18.4. The largest absolute Gasteiger partial charge is 0.494 e. The van der Waals surface area contributed by atoms with E-state index in [0.717, 1.165) is 22.3 Å². The van der Waals surface area contributed by atoms with Crippen LogP contribution in [0.15, 0.2) is 61.0 Å². The Labute approximate surface area is 316 Å². The topological polar surface area (TPSA) is 181 Å².